The molecule has 5 aromatic carbocycles. The number of β-amino-alcohol motifs (C(OH)–C–C–N with tert-alkyl or cyclic N) is 1. The first-order chi connectivity index (χ1) is 38.7. The molecule has 22 heteroatoms. The lowest BCUT2D eigenvalue weighted by Crippen LogP contribution is -2.49. The Morgan fingerprint density at radius 1 is 0.741 bits per heavy atom. The molecule has 1 amide bonds. The maximum Gasteiger partial charge on any atom is 0.501 e. The van der Waals surface area contributed by atoms with E-state index in [1.807, 2.05) is 72.5 Å². The summed E-state index contributed by atoms with van der Waals surface area (Å²) in [5.41, 5.74) is 0.987. The fraction of sp³-hybridized carbons (Fsp3) is 0.407. The molecule has 4 heterocycles. The van der Waals surface area contributed by atoms with Crippen molar-refractivity contribution < 1.29 is 45.0 Å². The van der Waals surface area contributed by atoms with Gasteiger partial charge in [0.05, 0.1) is 34.6 Å². The van der Waals surface area contributed by atoms with Gasteiger partial charge >= 0.3 is 5.51 Å². The smallest absolute Gasteiger partial charge is 0.395 e. The molecule has 3 saturated heterocycles. The van der Waals surface area contributed by atoms with E-state index in [9.17, 15) is 45.0 Å². The predicted molar refractivity (Wildman–Crippen MR) is 317 cm³/mol. The Morgan fingerprint density at radius 3 is 2.01 bits per heavy atom. The third-order valence-electron chi connectivity index (χ3n) is 15.4. The third-order valence-corrected chi connectivity index (χ3v) is 19.7. The number of aliphatic hydroxyl groups excluding tert-OH is 2. The van der Waals surface area contributed by atoms with Gasteiger partial charge in [-0.2, -0.15) is 13.2 Å². The number of sulfonamides is 1. The van der Waals surface area contributed by atoms with Crippen molar-refractivity contribution in [1.82, 2.24) is 19.3 Å². The van der Waals surface area contributed by atoms with E-state index >= 15 is 0 Å². The van der Waals surface area contributed by atoms with E-state index in [1.54, 1.807) is 24.3 Å². The van der Waals surface area contributed by atoms with Crippen LogP contribution in [0.4, 0.5) is 35.9 Å². The van der Waals surface area contributed by atoms with Crippen LogP contribution in [0.2, 0.25) is 5.02 Å². The number of aromatic nitrogens is 1. The van der Waals surface area contributed by atoms with E-state index in [-0.39, 0.29) is 29.9 Å². The Balaban J connectivity index is 0.906. The molecule has 1 atom stereocenters. The number of piperidine rings is 1. The Labute approximate surface area is 482 Å². The van der Waals surface area contributed by atoms with Crippen molar-refractivity contribution in [1.29, 1.82) is 0 Å². The highest BCUT2D eigenvalue weighted by atomic mass is 35.5. The molecule has 0 unspecified atom stereocenters. The number of hydrogen-bond donors (Lipinski definition) is 4. The molecule has 9 rings (SSSR count). The van der Waals surface area contributed by atoms with Gasteiger partial charge < -0.3 is 39.7 Å². The summed E-state index contributed by atoms with van der Waals surface area (Å²) in [7, 11) is -10.6. The second-order valence-corrected chi connectivity index (χ2v) is 26.2. The number of nitrogens with one attached hydrogen (secondary N) is 2. The summed E-state index contributed by atoms with van der Waals surface area (Å²) in [5, 5.41) is 23.2. The summed E-state index contributed by atoms with van der Waals surface area (Å²) >= 11 is 7.86. The lowest BCUT2D eigenvalue weighted by molar-refractivity contribution is -0.0436. The van der Waals surface area contributed by atoms with Crippen LogP contribution in [0.25, 0.3) is 22.4 Å². The third kappa shape index (κ3) is 14.0. The number of piperazine rings is 2. The molecule has 1 aromatic heterocycles. The zero-order valence-corrected chi connectivity index (χ0v) is 48.9. The van der Waals surface area contributed by atoms with Crippen LogP contribution in [0.3, 0.4) is 0 Å². The van der Waals surface area contributed by atoms with Gasteiger partial charge in [0.2, 0.25) is 0 Å². The van der Waals surface area contributed by atoms with Gasteiger partial charge in [-0.3, -0.25) is 14.4 Å². The predicted octanol–water partition coefficient (Wildman–Crippen LogP) is 9.96. The zero-order valence-electron chi connectivity index (χ0n) is 45.7. The minimum absolute atomic E-state index is 0.0244. The molecule has 0 aliphatic carbocycles. The number of sulfone groups is 1. The first-order valence-electron chi connectivity index (χ1n) is 27.4. The number of nitrogens with zero attached hydrogens (tertiary/aromatic N) is 6. The van der Waals surface area contributed by atoms with Crippen LogP contribution >= 0.6 is 23.4 Å². The first-order valence-corrected chi connectivity index (χ1v) is 31.7. The van der Waals surface area contributed by atoms with Gasteiger partial charge in [0.25, 0.3) is 25.8 Å². The van der Waals surface area contributed by atoms with Crippen LogP contribution in [0.15, 0.2) is 136 Å². The van der Waals surface area contributed by atoms with Crippen molar-refractivity contribution in [2.45, 2.75) is 78.4 Å². The van der Waals surface area contributed by atoms with Gasteiger partial charge in [-0.1, -0.05) is 54.1 Å². The van der Waals surface area contributed by atoms with Gasteiger partial charge in [-0.05, 0) is 130 Å². The topological polar surface area (TPSA) is 171 Å². The maximum absolute atomic E-state index is 14.8. The summed E-state index contributed by atoms with van der Waals surface area (Å²) in [5.74, 6) is 0.333. The summed E-state index contributed by atoms with van der Waals surface area (Å²) < 4.78 is 102. The molecule has 4 N–H and O–H groups in total. The van der Waals surface area contributed by atoms with E-state index in [4.69, 9.17) is 11.6 Å². The highest BCUT2D eigenvalue weighted by Gasteiger charge is 2.48. The molecule has 0 saturated carbocycles. The molecule has 0 bridgehead atoms. The number of likely N-dealkylation sites (tertiary alicyclic amines) is 1. The van der Waals surface area contributed by atoms with Crippen molar-refractivity contribution >= 4 is 71.9 Å². The average Bonchev–Trinajstić information content (AvgIpc) is 4.07. The molecular formula is C59H70ClF3N8O7S3. The standard InChI is InChI=1S/C59H70ClF3N8O7S3/c1-41(2)71-42(3)55(58(74)70-30-28-67(29-31-70)36-37-72)56(57(71)43-12-14-45(60)15-13-43)44-8-7-9-49(38-44)69-34-32-68(33-35-69)48-18-16-46(17-19-48)65-81(77,78)52-20-21-53(54(39-52)80(75,76)59(61,62)63)64-47(40-79-51-10-5-4-6-11-51)22-25-66-26-23-50(73)24-27-66/h4-21,38-39,41,47,50,64-65,72-73H,22-37,40H2,1-3H3/t47-/m1/s1. The zero-order chi connectivity index (χ0) is 57.6. The molecular weight excluding hydrogens is 1120 g/mol. The van der Waals surface area contributed by atoms with Crippen LogP contribution in [-0.4, -0.2) is 161 Å². The average molecular weight is 1190 g/mol. The number of thioether (sulfide) groups is 1. The second-order valence-electron chi connectivity index (χ2n) is 21.1. The number of amides is 1. The van der Waals surface area contributed by atoms with E-state index in [0.29, 0.717) is 120 Å². The largest absolute Gasteiger partial charge is 0.501 e. The quantitative estimate of drug-likeness (QED) is 0.0533. The Hall–Kier alpha value is -5.78. The number of benzene rings is 5. The van der Waals surface area contributed by atoms with Crippen LogP contribution in [-0.2, 0) is 19.9 Å². The number of carbonyl (C=O) groups excluding carboxylic acids is 1. The molecule has 3 aliphatic heterocycles. The van der Waals surface area contributed by atoms with Gasteiger partial charge in [0, 0.05) is 135 Å². The minimum atomic E-state index is -6.03. The summed E-state index contributed by atoms with van der Waals surface area (Å²) in [6, 6.07) is 34.2. The van der Waals surface area contributed by atoms with Crippen molar-refractivity contribution in [3.8, 4) is 22.4 Å². The maximum atomic E-state index is 14.8. The van der Waals surface area contributed by atoms with E-state index in [2.05, 4.69) is 66.3 Å². The molecule has 3 aliphatic rings. The Morgan fingerprint density at radius 2 is 1.38 bits per heavy atom. The monoisotopic (exact) mass is 1190 g/mol. The number of alkyl halides is 3. The first kappa shape index (κ1) is 59.8. The van der Waals surface area contributed by atoms with E-state index in [1.165, 1.54) is 11.8 Å². The Kier molecular flexibility index (Phi) is 19.0. The van der Waals surface area contributed by atoms with Crippen molar-refractivity contribution in [3.05, 3.63) is 138 Å². The molecule has 3 fully saturated rings. The van der Waals surface area contributed by atoms with Crippen LogP contribution in [0, 0.1) is 6.92 Å². The lowest BCUT2D eigenvalue weighted by atomic mass is 9.95. The van der Waals surface area contributed by atoms with Gasteiger partial charge in [0.1, 0.15) is 4.90 Å². The number of rotatable bonds is 20. The number of carbonyl (C=O) groups is 1. The van der Waals surface area contributed by atoms with Gasteiger partial charge in [0.15, 0.2) is 0 Å². The second kappa shape index (κ2) is 25.8. The van der Waals surface area contributed by atoms with Gasteiger partial charge in [-0.15, -0.1) is 11.8 Å². The molecule has 0 spiro atoms. The lowest BCUT2D eigenvalue weighted by Gasteiger charge is -2.37. The SMILES string of the molecule is Cc1c(C(=O)N2CCN(CCO)CC2)c(-c2cccc(N3CCN(c4ccc(NS(=O)(=O)c5ccc(N[C@H](CCN6CCC(O)CC6)CSc6ccccc6)c(S(=O)(=O)C(F)(F)F)c5)cc4)CC3)c2)c(-c2ccc(Cl)cc2)n1C(C)C. The molecule has 15 nitrogen and oxygen atoms in total. The highest BCUT2D eigenvalue weighted by molar-refractivity contribution is 7.99. The molecule has 81 heavy (non-hydrogen) atoms. The number of hydrogen-bond acceptors (Lipinski definition) is 13. The van der Waals surface area contributed by atoms with Crippen LogP contribution < -0.4 is 19.8 Å². The molecule has 0 radical (unpaired) electrons. The number of aliphatic hydroxyl groups is 2. The van der Waals surface area contributed by atoms with Crippen molar-refractivity contribution in [2.24, 2.45) is 0 Å². The van der Waals surface area contributed by atoms with Crippen LogP contribution in [0.1, 0.15) is 55.2 Å². The van der Waals surface area contributed by atoms with Crippen molar-refractivity contribution in [2.75, 3.05) is 111 Å². The van der Waals surface area contributed by atoms with E-state index < -0.39 is 47.3 Å². The number of halogens is 4. The minimum Gasteiger partial charge on any atom is -0.395 e. The normalized spacial score (nSPS) is 16.7. The Bertz CT molecular complexity index is 3350. The highest BCUT2D eigenvalue weighted by Crippen LogP contribution is 2.44. The molecule has 6 aromatic rings. The summed E-state index contributed by atoms with van der Waals surface area (Å²) in [4.78, 5) is 24.5. The summed E-state index contributed by atoms with van der Waals surface area (Å²) in [6.45, 7) is 13.7. The van der Waals surface area contributed by atoms with Crippen molar-refractivity contribution in [3.63, 3.8) is 0 Å². The fourth-order valence-electron chi connectivity index (χ4n) is 11.0. The van der Waals surface area contributed by atoms with E-state index in [0.717, 1.165) is 56.5 Å². The van der Waals surface area contributed by atoms with Crippen LogP contribution in [0.5, 0.6) is 0 Å². The summed E-state index contributed by atoms with van der Waals surface area (Å²) in [6.07, 6.45) is 1.23. The van der Waals surface area contributed by atoms with Gasteiger partial charge in [-0.25, -0.2) is 16.8 Å². The fourth-order valence-corrected chi connectivity index (χ4v) is 14.3. The molecule has 434 valence electrons. The number of anilines is 4.